The molecule has 0 aromatic heterocycles. The average Bonchev–Trinajstić information content (AvgIpc) is 3.55. The maximum absolute atomic E-state index is 13.0. The molecule has 1 aliphatic carbocycles. The van der Waals surface area contributed by atoms with Crippen LogP contribution in [0.2, 0.25) is 0 Å². The summed E-state index contributed by atoms with van der Waals surface area (Å²) in [5.41, 5.74) is 1.24. The zero-order valence-electron chi connectivity index (χ0n) is 17.5. The van der Waals surface area contributed by atoms with Gasteiger partial charge in [-0.2, -0.15) is 0 Å². The summed E-state index contributed by atoms with van der Waals surface area (Å²) in [4.78, 5) is 39.9. The summed E-state index contributed by atoms with van der Waals surface area (Å²) in [5.74, 6) is -0.514. The molecule has 2 heterocycles. The van der Waals surface area contributed by atoms with Gasteiger partial charge in [-0.15, -0.1) is 0 Å². The van der Waals surface area contributed by atoms with Crippen molar-refractivity contribution in [3.63, 3.8) is 0 Å². The highest BCUT2D eigenvalue weighted by molar-refractivity contribution is 6.00. The van der Waals surface area contributed by atoms with Crippen molar-refractivity contribution in [2.75, 3.05) is 24.7 Å². The summed E-state index contributed by atoms with van der Waals surface area (Å²) < 4.78 is 16.8. The van der Waals surface area contributed by atoms with E-state index in [0.29, 0.717) is 36.0 Å². The fraction of sp³-hybridized carbons (Fsp3) is 0.375. The minimum Gasteiger partial charge on any atom is -0.486 e. The third kappa shape index (κ3) is 4.26. The summed E-state index contributed by atoms with van der Waals surface area (Å²) in [7, 11) is 0. The third-order valence-electron chi connectivity index (χ3n) is 5.79. The Kier molecular flexibility index (Phi) is 5.43. The molecule has 2 aromatic rings. The number of nitrogens with one attached hydrogen (secondary N) is 1. The van der Waals surface area contributed by atoms with Crippen LogP contribution in [0.3, 0.4) is 0 Å². The number of carbonyl (C=O) groups excluding carboxylic acids is 3. The minimum atomic E-state index is -1.04. The van der Waals surface area contributed by atoms with Crippen molar-refractivity contribution in [1.82, 2.24) is 5.32 Å². The van der Waals surface area contributed by atoms with Crippen molar-refractivity contribution < 1.29 is 28.6 Å². The summed E-state index contributed by atoms with van der Waals surface area (Å²) >= 11 is 0. The van der Waals surface area contributed by atoms with Crippen molar-refractivity contribution in [3.05, 3.63) is 54.1 Å². The van der Waals surface area contributed by atoms with E-state index < -0.39 is 18.0 Å². The van der Waals surface area contributed by atoms with Gasteiger partial charge in [0.1, 0.15) is 13.2 Å². The SMILES string of the molecule is O=C(OC(C(=O)NC1CC1)c1ccccc1)C1CC(=O)N(c2ccc3c(c2)OCCO3)C1. The average molecular weight is 436 g/mol. The maximum atomic E-state index is 13.0. The van der Waals surface area contributed by atoms with Crippen LogP contribution in [0.25, 0.3) is 0 Å². The van der Waals surface area contributed by atoms with Crippen LogP contribution in [0.1, 0.15) is 30.9 Å². The van der Waals surface area contributed by atoms with Gasteiger partial charge >= 0.3 is 5.97 Å². The summed E-state index contributed by atoms with van der Waals surface area (Å²) in [6, 6.07) is 14.4. The predicted molar refractivity (Wildman–Crippen MR) is 114 cm³/mol. The quantitative estimate of drug-likeness (QED) is 0.699. The van der Waals surface area contributed by atoms with Gasteiger partial charge in [-0.05, 0) is 25.0 Å². The van der Waals surface area contributed by atoms with Gasteiger partial charge in [-0.3, -0.25) is 14.4 Å². The zero-order valence-corrected chi connectivity index (χ0v) is 17.5. The summed E-state index contributed by atoms with van der Waals surface area (Å²) in [6.07, 6.45) is 0.854. The lowest BCUT2D eigenvalue weighted by atomic mass is 10.1. The molecule has 166 valence electrons. The second kappa shape index (κ2) is 8.53. The third-order valence-corrected chi connectivity index (χ3v) is 5.79. The van der Waals surface area contributed by atoms with Crippen LogP contribution in [0, 0.1) is 5.92 Å². The number of anilines is 1. The van der Waals surface area contributed by atoms with Crippen molar-refractivity contribution in [3.8, 4) is 11.5 Å². The Labute approximate surface area is 185 Å². The van der Waals surface area contributed by atoms with Crippen molar-refractivity contribution in [2.45, 2.75) is 31.4 Å². The number of ether oxygens (including phenoxy) is 3. The van der Waals surface area contributed by atoms with E-state index in [1.54, 1.807) is 47.4 Å². The van der Waals surface area contributed by atoms with E-state index in [1.807, 2.05) is 6.07 Å². The van der Waals surface area contributed by atoms with Gasteiger partial charge in [0.25, 0.3) is 5.91 Å². The van der Waals surface area contributed by atoms with E-state index in [1.165, 1.54) is 0 Å². The number of fused-ring (bicyclic) bond motifs is 1. The van der Waals surface area contributed by atoms with Crippen molar-refractivity contribution in [1.29, 1.82) is 0 Å². The Morgan fingerprint density at radius 3 is 2.53 bits per heavy atom. The molecule has 0 spiro atoms. The van der Waals surface area contributed by atoms with E-state index in [9.17, 15) is 14.4 Å². The molecule has 1 saturated carbocycles. The highest BCUT2D eigenvalue weighted by atomic mass is 16.6. The van der Waals surface area contributed by atoms with Crippen LogP contribution < -0.4 is 19.7 Å². The molecule has 32 heavy (non-hydrogen) atoms. The highest BCUT2D eigenvalue weighted by Gasteiger charge is 2.39. The molecule has 2 atom stereocenters. The molecule has 8 heteroatoms. The molecule has 2 aromatic carbocycles. The molecule has 0 radical (unpaired) electrons. The van der Waals surface area contributed by atoms with Crippen LogP contribution >= 0.6 is 0 Å². The first-order valence-corrected chi connectivity index (χ1v) is 10.8. The number of hydrogen-bond acceptors (Lipinski definition) is 6. The van der Waals surface area contributed by atoms with Gasteiger partial charge in [0.2, 0.25) is 12.0 Å². The smallest absolute Gasteiger partial charge is 0.312 e. The molecule has 2 aliphatic heterocycles. The van der Waals surface area contributed by atoms with Gasteiger partial charge in [-0.1, -0.05) is 30.3 Å². The largest absolute Gasteiger partial charge is 0.486 e. The standard InChI is InChI=1S/C24H24N2O6/c27-21-12-16(14-26(21)18-8-9-19-20(13-18)31-11-10-30-19)24(29)32-22(15-4-2-1-3-5-15)23(28)25-17-6-7-17/h1-5,8-9,13,16-17,22H,6-7,10-12,14H2,(H,25,28). The number of rotatable bonds is 6. The van der Waals surface area contributed by atoms with E-state index in [-0.39, 0.29) is 30.8 Å². The number of amides is 2. The lowest BCUT2D eigenvalue weighted by Crippen LogP contribution is -2.35. The van der Waals surface area contributed by atoms with Gasteiger partial charge in [0.05, 0.1) is 5.92 Å². The second-order valence-corrected chi connectivity index (χ2v) is 8.24. The molecule has 2 unspecified atom stereocenters. The zero-order chi connectivity index (χ0) is 22.1. The molecule has 8 nitrogen and oxygen atoms in total. The number of carbonyl (C=O) groups is 3. The van der Waals surface area contributed by atoms with Crippen LogP contribution in [0.5, 0.6) is 11.5 Å². The van der Waals surface area contributed by atoms with E-state index >= 15 is 0 Å². The number of hydrogen-bond donors (Lipinski definition) is 1. The summed E-state index contributed by atoms with van der Waals surface area (Å²) in [5, 5.41) is 2.90. The molecule has 0 bridgehead atoms. The van der Waals surface area contributed by atoms with Crippen molar-refractivity contribution in [2.24, 2.45) is 5.92 Å². The molecule has 1 saturated heterocycles. The normalized spacial score (nSPS) is 20.6. The number of benzene rings is 2. The monoisotopic (exact) mass is 436 g/mol. The molecular formula is C24H24N2O6. The molecule has 1 N–H and O–H groups in total. The van der Waals surface area contributed by atoms with Crippen LogP contribution in [0.15, 0.2) is 48.5 Å². The fourth-order valence-corrected chi connectivity index (χ4v) is 3.93. The van der Waals surface area contributed by atoms with E-state index in [4.69, 9.17) is 14.2 Å². The van der Waals surface area contributed by atoms with Crippen LogP contribution in [-0.4, -0.2) is 43.6 Å². The summed E-state index contributed by atoms with van der Waals surface area (Å²) in [6.45, 7) is 1.12. The Hall–Kier alpha value is -3.55. The first-order valence-electron chi connectivity index (χ1n) is 10.8. The van der Waals surface area contributed by atoms with Crippen LogP contribution in [0.4, 0.5) is 5.69 Å². The Bertz CT molecular complexity index is 1040. The highest BCUT2D eigenvalue weighted by Crippen LogP contribution is 2.36. The first kappa shape index (κ1) is 20.4. The molecule has 5 rings (SSSR count). The lowest BCUT2D eigenvalue weighted by molar-refractivity contribution is -0.160. The lowest BCUT2D eigenvalue weighted by Gasteiger charge is -2.22. The van der Waals surface area contributed by atoms with Crippen LogP contribution in [-0.2, 0) is 19.1 Å². The molecule has 3 aliphatic rings. The maximum Gasteiger partial charge on any atom is 0.312 e. The fourth-order valence-electron chi connectivity index (χ4n) is 3.93. The van der Waals surface area contributed by atoms with E-state index in [2.05, 4.69) is 5.32 Å². The molecule has 2 amide bonds. The van der Waals surface area contributed by atoms with E-state index in [0.717, 1.165) is 12.8 Å². The predicted octanol–water partition coefficient (Wildman–Crippen LogP) is 2.37. The molecule has 2 fully saturated rings. The van der Waals surface area contributed by atoms with Gasteiger partial charge < -0.3 is 24.4 Å². The molecular weight excluding hydrogens is 412 g/mol. The Morgan fingerprint density at radius 1 is 1.03 bits per heavy atom. The topological polar surface area (TPSA) is 94.2 Å². The number of nitrogens with zero attached hydrogens (tertiary/aromatic N) is 1. The van der Waals surface area contributed by atoms with Gasteiger partial charge in [0, 0.05) is 36.3 Å². The first-order chi connectivity index (χ1) is 15.6. The second-order valence-electron chi connectivity index (χ2n) is 8.24. The van der Waals surface area contributed by atoms with Crippen molar-refractivity contribution >= 4 is 23.5 Å². The Balaban J connectivity index is 1.29. The minimum absolute atomic E-state index is 0.0268. The van der Waals surface area contributed by atoms with Gasteiger partial charge in [0.15, 0.2) is 11.5 Å². The number of esters is 1. The Morgan fingerprint density at radius 2 is 1.78 bits per heavy atom. The van der Waals surface area contributed by atoms with Gasteiger partial charge in [-0.25, -0.2) is 0 Å².